The van der Waals surface area contributed by atoms with E-state index >= 15 is 0 Å². The lowest BCUT2D eigenvalue weighted by atomic mass is 10.1. The third-order valence-corrected chi connectivity index (χ3v) is 3.49. The molecule has 0 aliphatic heterocycles. The molecule has 3 rings (SSSR count). The number of ether oxygens (including phenoxy) is 1. The number of methoxy groups -OCH3 is 1. The van der Waals surface area contributed by atoms with E-state index in [9.17, 15) is 9.18 Å². The molecular formula is C17H14FNO2. The van der Waals surface area contributed by atoms with Crippen molar-refractivity contribution in [2.45, 2.75) is 6.54 Å². The minimum absolute atomic E-state index is 0.233. The number of benzene rings is 2. The van der Waals surface area contributed by atoms with E-state index in [1.54, 1.807) is 24.3 Å². The van der Waals surface area contributed by atoms with E-state index in [0.29, 0.717) is 17.7 Å². The second-order valence-electron chi connectivity index (χ2n) is 4.80. The summed E-state index contributed by atoms with van der Waals surface area (Å²) in [7, 11) is 1.35. The molecule has 3 aromatic rings. The van der Waals surface area contributed by atoms with Crippen molar-refractivity contribution in [3.8, 4) is 0 Å². The summed E-state index contributed by atoms with van der Waals surface area (Å²) in [5, 5.41) is 0.999. The maximum Gasteiger partial charge on any atom is 0.337 e. The van der Waals surface area contributed by atoms with E-state index in [1.807, 2.05) is 29.0 Å². The van der Waals surface area contributed by atoms with Gasteiger partial charge in [0.1, 0.15) is 5.82 Å². The van der Waals surface area contributed by atoms with E-state index in [2.05, 4.69) is 0 Å². The number of rotatable bonds is 3. The van der Waals surface area contributed by atoms with Gasteiger partial charge in [-0.1, -0.05) is 24.3 Å². The summed E-state index contributed by atoms with van der Waals surface area (Å²) in [5.41, 5.74) is 1.97. The Hall–Kier alpha value is -2.62. The highest BCUT2D eigenvalue weighted by molar-refractivity contribution is 5.94. The zero-order valence-electron chi connectivity index (χ0n) is 11.5. The molecule has 0 radical (unpaired) electrons. The van der Waals surface area contributed by atoms with Gasteiger partial charge in [-0.15, -0.1) is 0 Å². The second kappa shape index (κ2) is 5.40. The average molecular weight is 283 g/mol. The van der Waals surface area contributed by atoms with Crippen LogP contribution in [0.5, 0.6) is 0 Å². The van der Waals surface area contributed by atoms with Gasteiger partial charge in [-0.25, -0.2) is 9.18 Å². The van der Waals surface area contributed by atoms with E-state index in [0.717, 1.165) is 10.9 Å². The van der Waals surface area contributed by atoms with E-state index in [4.69, 9.17) is 4.74 Å². The Morgan fingerprint density at radius 1 is 1.19 bits per heavy atom. The molecule has 0 atom stereocenters. The van der Waals surface area contributed by atoms with Gasteiger partial charge in [-0.05, 0) is 29.7 Å². The molecule has 0 saturated carbocycles. The highest BCUT2D eigenvalue weighted by Gasteiger charge is 2.09. The summed E-state index contributed by atoms with van der Waals surface area (Å²) in [5.74, 6) is -0.612. The monoisotopic (exact) mass is 283 g/mol. The van der Waals surface area contributed by atoms with Gasteiger partial charge in [0.25, 0.3) is 0 Å². The second-order valence-corrected chi connectivity index (χ2v) is 4.80. The van der Waals surface area contributed by atoms with Crippen LogP contribution in [0.3, 0.4) is 0 Å². The minimum atomic E-state index is -0.379. The van der Waals surface area contributed by atoms with Crippen LogP contribution in [0.2, 0.25) is 0 Å². The Bertz CT molecular complexity index is 807. The normalized spacial score (nSPS) is 10.8. The molecule has 0 bridgehead atoms. The fraction of sp³-hybridized carbons (Fsp3) is 0.118. The Morgan fingerprint density at radius 3 is 2.76 bits per heavy atom. The molecule has 0 N–H and O–H groups in total. The van der Waals surface area contributed by atoms with Gasteiger partial charge in [-0.3, -0.25) is 0 Å². The Balaban J connectivity index is 2.03. The lowest BCUT2D eigenvalue weighted by Crippen LogP contribution is -2.03. The summed E-state index contributed by atoms with van der Waals surface area (Å²) in [6.45, 7) is 0.417. The average Bonchev–Trinajstić information content (AvgIpc) is 2.91. The predicted molar refractivity (Wildman–Crippen MR) is 78.8 cm³/mol. The smallest absolute Gasteiger partial charge is 0.337 e. The third kappa shape index (κ3) is 2.52. The van der Waals surface area contributed by atoms with Crippen LogP contribution in [0.25, 0.3) is 10.9 Å². The van der Waals surface area contributed by atoms with Crippen LogP contribution in [0.4, 0.5) is 4.39 Å². The third-order valence-electron chi connectivity index (χ3n) is 3.49. The summed E-state index contributed by atoms with van der Waals surface area (Å²) in [6, 6.07) is 14.0. The van der Waals surface area contributed by atoms with Crippen LogP contribution < -0.4 is 0 Å². The topological polar surface area (TPSA) is 31.2 Å². The first-order valence-electron chi connectivity index (χ1n) is 6.59. The molecule has 0 amide bonds. The van der Waals surface area contributed by atoms with Crippen LogP contribution in [0.1, 0.15) is 15.9 Å². The summed E-state index contributed by atoms with van der Waals surface area (Å²) in [4.78, 5) is 11.6. The predicted octanol–water partition coefficient (Wildman–Crippen LogP) is 3.62. The molecule has 21 heavy (non-hydrogen) atoms. The van der Waals surface area contributed by atoms with Crippen molar-refractivity contribution in [2.24, 2.45) is 0 Å². The Labute approximate surface area is 121 Å². The van der Waals surface area contributed by atoms with Crippen molar-refractivity contribution in [2.75, 3.05) is 7.11 Å². The van der Waals surface area contributed by atoms with Crippen LogP contribution >= 0.6 is 0 Å². The number of hydrogen-bond acceptors (Lipinski definition) is 2. The maximum atomic E-state index is 13.8. The number of halogens is 1. The number of carbonyl (C=O) groups excluding carboxylic acids is 1. The van der Waals surface area contributed by atoms with Gasteiger partial charge in [0.05, 0.1) is 19.2 Å². The van der Waals surface area contributed by atoms with Crippen LogP contribution in [-0.4, -0.2) is 17.6 Å². The summed E-state index contributed by atoms with van der Waals surface area (Å²) in [6.07, 6.45) is 1.89. The molecular weight excluding hydrogens is 269 g/mol. The summed E-state index contributed by atoms with van der Waals surface area (Å²) < 4.78 is 20.4. The van der Waals surface area contributed by atoms with Gasteiger partial charge in [0.2, 0.25) is 0 Å². The standard InChI is InChI=1S/C17H14FNO2/c1-21-17(20)13-7-6-12-8-9-19(16(12)10-13)11-14-4-2-3-5-15(14)18/h2-10H,11H2,1H3. The van der Waals surface area contributed by atoms with Gasteiger partial charge >= 0.3 is 5.97 Å². The number of hydrogen-bond donors (Lipinski definition) is 0. The van der Waals surface area contributed by atoms with Gasteiger partial charge in [0, 0.05) is 17.3 Å². The Morgan fingerprint density at radius 2 is 2.00 bits per heavy atom. The zero-order valence-corrected chi connectivity index (χ0v) is 11.5. The minimum Gasteiger partial charge on any atom is -0.465 e. The highest BCUT2D eigenvalue weighted by atomic mass is 19.1. The zero-order chi connectivity index (χ0) is 14.8. The van der Waals surface area contributed by atoms with Crippen LogP contribution in [0.15, 0.2) is 54.7 Å². The lowest BCUT2D eigenvalue weighted by molar-refractivity contribution is 0.0601. The van der Waals surface area contributed by atoms with Crippen molar-refractivity contribution in [1.29, 1.82) is 0 Å². The summed E-state index contributed by atoms with van der Waals surface area (Å²) >= 11 is 0. The number of aromatic nitrogens is 1. The highest BCUT2D eigenvalue weighted by Crippen LogP contribution is 2.20. The molecule has 0 fully saturated rings. The first-order valence-corrected chi connectivity index (χ1v) is 6.59. The molecule has 3 nitrogen and oxygen atoms in total. The largest absolute Gasteiger partial charge is 0.465 e. The maximum absolute atomic E-state index is 13.8. The number of nitrogens with zero attached hydrogens (tertiary/aromatic N) is 1. The van der Waals surface area contributed by atoms with Gasteiger partial charge in [0.15, 0.2) is 0 Å². The fourth-order valence-electron chi connectivity index (χ4n) is 2.38. The van der Waals surface area contributed by atoms with Gasteiger partial charge in [-0.2, -0.15) is 0 Å². The molecule has 1 aromatic heterocycles. The lowest BCUT2D eigenvalue weighted by Gasteiger charge is -2.07. The number of esters is 1. The fourth-order valence-corrected chi connectivity index (χ4v) is 2.38. The van der Waals surface area contributed by atoms with Crippen LogP contribution in [0, 0.1) is 5.82 Å². The SMILES string of the molecule is COC(=O)c1ccc2ccn(Cc3ccccc3F)c2c1. The Kier molecular flexibility index (Phi) is 3.44. The molecule has 2 aromatic carbocycles. The first-order chi connectivity index (χ1) is 10.2. The van der Waals surface area contributed by atoms with Crippen molar-refractivity contribution < 1.29 is 13.9 Å². The first kappa shape index (κ1) is 13.4. The van der Waals surface area contributed by atoms with E-state index < -0.39 is 0 Å². The van der Waals surface area contributed by atoms with Crippen molar-refractivity contribution >= 4 is 16.9 Å². The van der Waals surface area contributed by atoms with E-state index in [1.165, 1.54) is 13.2 Å². The molecule has 0 unspecified atom stereocenters. The van der Waals surface area contributed by atoms with Gasteiger partial charge < -0.3 is 9.30 Å². The molecule has 0 aliphatic carbocycles. The molecule has 4 heteroatoms. The molecule has 106 valence electrons. The molecule has 0 saturated heterocycles. The van der Waals surface area contributed by atoms with E-state index in [-0.39, 0.29) is 11.8 Å². The number of carbonyl (C=O) groups is 1. The molecule has 1 heterocycles. The van der Waals surface area contributed by atoms with Crippen molar-refractivity contribution in [1.82, 2.24) is 4.57 Å². The van der Waals surface area contributed by atoms with Crippen molar-refractivity contribution in [3.05, 3.63) is 71.7 Å². The molecule has 0 spiro atoms. The molecule has 0 aliphatic rings. The van der Waals surface area contributed by atoms with Crippen LogP contribution in [-0.2, 0) is 11.3 Å². The quantitative estimate of drug-likeness (QED) is 0.687. The number of fused-ring (bicyclic) bond motifs is 1. The van der Waals surface area contributed by atoms with Crippen molar-refractivity contribution in [3.63, 3.8) is 0 Å².